The van der Waals surface area contributed by atoms with Gasteiger partial charge in [-0.05, 0) is 37.2 Å². The van der Waals surface area contributed by atoms with Gasteiger partial charge in [-0.25, -0.2) is 4.39 Å². The average molecular weight is 272 g/mol. The largest absolute Gasteiger partial charge is 0.329 e. The van der Waals surface area contributed by atoms with Gasteiger partial charge >= 0.3 is 0 Å². The molecule has 2 N–H and O–H groups in total. The van der Waals surface area contributed by atoms with E-state index in [9.17, 15) is 4.39 Å². The van der Waals surface area contributed by atoms with Crippen LogP contribution in [0.3, 0.4) is 0 Å². The van der Waals surface area contributed by atoms with Crippen LogP contribution < -0.4 is 5.73 Å². The van der Waals surface area contributed by atoms with Gasteiger partial charge < -0.3 is 5.73 Å². The van der Waals surface area contributed by atoms with Crippen molar-refractivity contribution in [2.45, 2.75) is 19.5 Å². The van der Waals surface area contributed by atoms with E-state index in [4.69, 9.17) is 5.73 Å². The number of benzene rings is 2. The molecule has 0 saturated carbocycles. The van der Waals surface area contributed by atoms with E-state index >= 15 is 0 Å². The first-order valence-corrected chi connectivity index (χ1v) is 6.81. The molecule has 0 aliphatic rings. The van der Waals surface area contributed by atoms with Crippen molar-refractivity contribution in [1.82, 2.24) is 4.90 Å². The van der Waals surface area contributed by atoms with Crippen molar-refractivity contribution in [1.29, 1.82) is 0 Å². The standard InChI is InChI=1S/C17H21FN2/c1-13-4-3-5-15(10-13)17(11-19)20(2)12-14-6-8-16(18)9-7-14/h3-10,17H,11-12,19H2,1-2H3. The van der Waals surface area contributed by atoms with E-state index in [1.807, 2.05) is 19.2 Å². The molecule has 0 aliphatic carbocycles. The summed E-state index contributed by atoms with van der Waals surface area (Å²) in [6.07, 6.45) is 0. The zero-order valence-electron chi connectivity index (χ0n) is 12.0. The second-order valence-electron chi connectivity index (χ2n) is 5.21. The lowest BCUT2D eigenvalue weighted by Crippen LogP contribution is -2.30. The molecule has 3 heteroatoms. The molecule has 0 aromatic heterocycles. The summed E-state index contributed by atoms with van der Waals surface area (Å²) < 4.78 is 12.9. The Bertz CT molecular complexity index is 551. The number of hydrogen-bond donors (Lipinski definition) is 1. The highest BCUT2D eigenvalue weighted by molar-refractivity contribution is 5.26. The molecule has 0 amide bonds. The molecule has 1 unspecified atom stereocenters. The van der Waals surface area contributed by atoms with Gasteiger partial charge in [0.15, 0.2) is 0 Å². The third-order valence-electron chi connectivity index (χ3n) is 3.53. The molecule has 0 bridgehead atoms. The molecular formula is C17H21FN2. The topological polar surface area (TPSA) is 29.3 Å². The lowest BCUT2D eigenvalue weighted by molar-refractivity contribution is 0.241. The fraction of sp³-hybridized carbons (Fsp3) is 0.294. The summed E-state index contributed by atoms with van der Waals surface area (Å²) in [7, 11) is 2.04. The number of rotatable bonds is 5. The summed E-state index contributed by atoms with van der Waals surface area (Å²) in [5.74, 6) is -0.203. The van der Waals surface area contributed by atoms with E-state index in [-0.39, 0.29) is 11.9 Å². The fourth-order valence-corrected chi connectivity index (χ4v) is 2.44. The van der Waals surface area contributed by atoms with Gasteiger partial charge in [0.25, 0.3) is 0 Å². The van der Waals surface area contributed by atoms with Crippen LogP contribution in [-0.4, -0.2) is 18.5 Å². The van der Waals surface area contributed by atoms with Crippen LogP contribution in [0.15, 0.2) is 48.5 Å². The van der Waals surface area contributed by atoms with Crippen molar-refractivity contribution in [2.75, 3.05) is 13.6 Å². The maximum atomic E-state index is 12.9. The van der Waals surface area contributed by atoms with E-state index in [0.717, 1.165) is 12.1 Å². The monoisotopic (exact) mass is 272 g/mol. The highest BCUT2D eigenvalue weighted by atomic mass is 19.1. The molecule has 2 nitrogen and oxygen atoms in total. The molecule has 0 heterocycles. The summed E-state index contributed by atoms with van der Waals surface area (Å²) in [5.41, 5.74) is 9.47. The minimum absolute atomic E-state index is 0.167. The van der Waals surface area contributed by atoms with Gasteiger partial charge in [-0.1, -0.05) is 42.0 Å². The maximum absolute atomic E-state index is 12.9. The van der Waals surface area contributed by atoms with Gasteiger partial charge in [0, 0.05) is 19.1 Å². The molecular weight excluding hydrogens is 251 g/mol. The molecule has 2 aromatic carbocycles. The summed E-state index contributed by atoms with van der Waals surface area (Å²) in [6, 6.07) is 15.2. The number of halogens is 1. The zero-order valence-corrected chi connectivity index (χ0v) is 12.0. The third kappa shape index (κ3) is 3.65. The number of nitrogens with two attached hydrogens (primary N) is 1. The highest BCUT2D eigenvalue weighted by Crippen LogP contribution is 2.21. The smallest absolute Gasteiger partial charge is 0.123 e. The Morgan fingerprint density at radius 1 is 1.15 bits per heavy atom. The van der Waals surface area contributed by atoms with Crippen LogP contribution >= 0.6 is 0 Å². The summed E-state index contributed by atoms with van der Waals surface area (Å²) in [5, 5.41) is 0. The molecule has 2 aromatic rings. The Morgan fingerprint density at radius 2 is 1.85 bits per heavy atom. The SMILES string of the molecule is Cc1cccc(C(CN)N(C)Cc2ccc(F)cc2)c1. The quantitative estimate of drug-likeness (QED) is 0.905. The molecule has 0 aliphatic heterocycles. The van der Waals surface area contributed by atoms with Crippen LogP contribution in [0.25, 0.3) is 0 Å². The van der Waals surface area contributed by atoms with Crippen LogP contribution in [0, 0.1) is 12.7 Å². The molecule has 0 spiro atoms. The van der Waals surface area contributed by atoms with E-state index in [1.54, 1.807) is 0 Å². The van der Waals surface area contributed by atoms with Crippen molar-refractivity contribution >= 4 is 0 Å². The number of likely N-dealkylation sites (N-methyl/N-ethyl adjacent to an activating group) is 1. The van der Waals surface area contributed by atoms with Gasteiger partial charge in [0.2, 0.25) is 0 Å². The summed E-state index contributed by atoms with van der Waals surface area (Å²) >= 11 is 0. The second-order valence-corrected chi connectivity index (χ2v) is 5.21. The fourth-order valence-electron chi connectivity index (χ4n) is 2.44. The Balaban J connectivity index is 2.13. The van der Waals surface area contributed by atoms with Gasteiger partial charge in [-0.2, -0.15) is 0 Å². The van der Waals surface area contributed by atoms with E-state index in [1.165, 1.54) is 23.3 Å². The van der Waals surface area contributed by atoms with Crippen LogP contribution in [0.4, 0.5) is 4.39 Å². The predicted octanol–water partition coefficient (Wildman–Crippen LogP) is 3.27. The van der Waals surface area contributed by atoms with Crippen molar-refractivity contribution < 1.29 is 4.39 Å². The molecule has 20 heavy (non-hydrogen) atoms. The Kier molecular flexibility index (Phi) is 4.88. The average Bonchev–Trinajstić information content (AvgIpc) is 2.42. The first-order chi connectivity index (χ1) is 9.60. The second kappa shape index (κ2) is 6.64. The number of nitrogens with zero attached hydrogens (tertiary/aromatic N) is 1. The van der Waals surface area contributed by atoms with Gasteiger partial charge in [-0.15, -0.1) is 0 Å². The predicted molar refractivity (Wildman–Crippen MR) is 80.8 cm³/mol. The molecule has 2 rings (SSSR count). The first-order valence-electron chi connectivity index (χ1n) is 6.81. The highest BCUT2D eigenvalue weighted by Gasteiger charge is 2.15. The number of hydrogen-bond acceptors (Lipinski definition) is 2. The van der Waals surface area contributed by atoms with E-state index < -0.39 is 0 Å². The molecule has 1 atom stereocenters. The molecule has 0 saturated heterocycles. The van der Waals surface area contributed by atoms with Crippen LogP contribution in [-0.2, 0) is 6.54 Å². The van der Waals surface area contributed by atoms with E-state index in [2.05, 4.69) is 36.1 Å². The Morgan fingerprint density at radius 3 is 2.45 bits per heavy atom. The Hall–Kier alpha value is -1.71. The normalized spacial score (nSPS) is 12.7. The lowest BCUT2D eigenvalue weighted by Gasteiger charge is -2.27. The first kappa shape index (κ1) is 14.7. The minimum atomic E-state index is -0.203. The molecule has 106 valence electrons. The van der Waals surface area contributed by atoms with Gasteiger partial charge in [0.1, 0.15) is 5.82 Å². The molecule has 0 radical (unpaired) electrons. The van der Waals surface area contributed by atoms with Crippen molar-refractivity contribution in [3.63, 3.8) is 0 Å². The summed E-state index contributed by atoms with van der Waals surface area (Å²) in [6.45, 7) is 3.38. The zero-order chi connectivity index (χ0) is 14.5. The van der Waals surface area contributed by atoms with Crippen molar-refractivity contribution in [2.24, 2.45) is 5.73 Å². The van der Waals surface area contributed by atoms with Gasteiger partial charge in [-0.3, -0.25) is 4.90 Å². The van der Waals surface area contributed by atoms with Crippen molar-refractivity contribution in [3.8, 4) is 0 Å². The van der Waals surface area contributed by atoms with Gasteiger partial charge in [0.05, 0.1) is 0 Å². The minimum Gasteiger partial charge on any atom is -0.329 e. The van der Waals surface area contributed by atoms with Crippen molar-refractivity contribution in [3.05, 3.63) is 71.0 Å². The summed E-state index contributed by atoms with van der Waals surface area (Å²) in [4.78, 5) is 2.20. The molecule has 0 fully saturated rings. The number of aryl methyl sites for hydroxylation is 1. The van der Waals surface area contributed by atoms with Crippen LogP contribution in [0.2, 0.25) is 0 Å². The van der Waals surface area contributed by atoms with Crippen LogP contribution in [0.1, 0.15) is 22.7 Å². The lowest BCUT2D eigenvalue weighted by atomic mass is 10.0. The van der Waals surface area contributed by atoms with E-state index in [0.29, 0.717) is 6.54 Å². The maximum Gasteiger partial charge on any atom is 0.123 e. The van der Waals surface area contributed by atoms with Crippen LogP contribution in [0.5, 0.6) is 0 Å². The third-order valence-corrected chi connectivity index (χ3v) is 3.53. The Labute approximate surface area is 120 Å².